The lowest BCUT2D eigenvalue weighted by Gasteiger charge is -2.35. The van der Waals surface area contributed by atoms with Crippen molar-refractivity contribution >= 4 is 11.8 Å². The van der Waals surface area contributed by atoms with Crippen LogP contribution in [0.2, 0.25) is 0 Å². The molecule has 0 aliphatic rings. The number of hydrogen-bond donors (Lipinski definition) is 1. The van der Waals surface area contributed by atoms with E-state index < -0.39 is 34.6 Å². The minimum absolute atomic E-state index is 0.0584. The highest BCUT2D eigenvalue weighted by molar-refractivity contribution is 7.99. The lowest BCUT2D eigenvalue weighted by atomic mass is 9.93. The first kappa shape index (κ1) is 15.8. The van der Waals surface area contributed by atoms with Crippen LogP contribution in [0.3, 0.4) is 0 Å². The number of alkyl halides is 2. The first-order valence-electron chi connectivity index (χ1n) is 5.73. The van der Waals surface area contributed by atoms with Gasteiger partial charge in [0.15, 0.2) is 5.60 Å². The first-order chi connectivity index (χ1) is 9.80. The smallest absolute Gasteiger partial charge is 0.327 e. The van der Waals surface area contributed by atoms with Gasteiger partial charge >= 0.3 is 5.25 Å². The predicted molar refractivity (Wildman–Crippen MR) is 68.7 cm³/mol. The van der Waals surface area contributed by atoms with Gasteiger partial charge in [0.2, 0.25) is 0 Å². The summed E-state index contributed by atoms with van der Waals surface area (Å²) < 4.78 is 56.1. The van der Waals surface area contributed by atoms with E-state index in [2.05, 4.69) is 10.1 Å². The largest absolute Gasteiger partial charge is 0.376 e. The molecule has 0 fully saturated rings. The number of aromatic nitrogens is 3. The second-order valence-electron chi connectivity index (χ2n) is 4.30. The summed E-state index contributed by atoms with van der Waals surface area (Å²) in [5.41, 5.74) is -3.61. The Morgan fingerprint density at radius 2 is 2.05 bits per heavy atom. The standard InChI is InChI=1S/C12H11F4N3OS/c1-21-12(15,16)11(20,5-19-7-17-6-18-19)9-3-2-8(13)4-10(9)14/h2-4,6-7,20H,5H2,1H3. The second-order valence-corrected chi connectivity index (χ2v) is 5.22. The number of benzene rings is 1. The summed E-state index contributed by atoms with van der Waals surface area (Å²) in [5.74, 6) is -2.18. The molecule has 1 heterocycles. The molecule has 0 saturated carbocycles. The Morgan fingerprint density at radius 1 is 1.33 bits per heavy atom. The molecule has 114 valence electrons. The molecule has 0 bridgehead atoms. The average molecular weight is 321 g/mol. The molecular formula is C12H11F4N3OS. The summed E-state index contributed by atoms with van der Waals surface area (Å²) in [7, 11) is 0. The van der Waals surface area contributed by atoms with E-state index in [-0.39, 0.29) is 11.8 Å². The van der Waals surface area contributed by atoms with Gasteiger partial charge in [0.1, 0.15) is 24.3 Å². The van der Waals surface area contributed by atoms with Crippen LogP contribution in [0.15, 0.2) is 30.9 Å². The zero-order valence-electron chi connectivity index (χ0n) is 10.8. The molecule has 0 spiro atoms. The summed E-state index contributed by atoms with van der Waals surface area (Å²) in [6.45, 7) is -0.733. The van der Waals surface area contributed by atoms with Gasteiger partial charge < -0.3 is 5.11 Å². The number of halogens is 4. The van der Waals surface area contributed by atoms with E-state index in [0.29, 0.717) is 6.07 Å². The molecule has 1 aromatic carbocycles. The molecule has 1 atom stereocenters. The lowest BCUT2D eigenvalue weighted by molar-refractivity contribution is -0.139. The van der Waals surface area contributed by atoms with Crippen LogP contribution in [0.5, 0.6) is 0 Å². The Balaban J connectivity index is 2.54. The Kier molecular flexibility index (Phi) is 4.24. The monoisotopic (exact) mass is 321 g/mol. The van der Waals surface area contributed by atoms with Crippen molar-refractivity contribution in [1.29, 1.82) is 0 Å². The predicted octanol–water partition coefficient (Wildman–Crippen LogP) is 2.40. The molecule has 1 unspecified atom stereocenters. The SMILES string of the molecule is CSC(F)(F)C(O)(Cn1cncn1)c1ccc(F)cc1F. The van der Waals surface area contributed by atoms with E-state index in [1.54, 1.807) is 0 Å². The zero-order chi connectivity index (χ0) is 15.7. The van der Waals surface area contributed by atoms with Gasteiger partial charge in [-0.2, -0.15) is 13.9 Å². The van der Waals surface area contributed by atoms with Crippen LogP contribution in [-0.2, 0) is 12.1 Å². The Hall–Kier alpha value is -1.61. The van der Waals surface area contributed by atoms with Gasteiger partial charge in [-0.3, -0.25) is 0 Å². The third kappa shape index (κ3) is 2.88. The molecular weight excluding hydrogens is 310 g/mol. The topological polar surface area (TPSA) is 50.9 Å². The van der Waals surface area contributed by atoms with Gasteiger partial charge in [-0.25, -0.2) is 18.4 Å². The van der Waals surface area contributed by atoms with Gasteiger partial charge in [-0.1, -0.05) is 11.8 Å². The normalized spacial score (nSPS) is 15.0. The number of rotatable bonds is 5. The summed E-state index contributed by atoms with van der Waals surface area (Å²) in [4.78, 5) is 3.58. The molecule has 21 heavy (non-hydrogen) atoms. The maximum absolute atomic E-state index is 14.2. The molecule has 1 aromatic heterocycles. The molecule has 9 heteroatoms. The third-order valence-corrected chi connectivity index (χ3v) is 3.82. The molecule has 0 radical (unpaired) electrons. The highest BCUT2D eigenvalue weighted by atomic mass is 32.2. The van der Waals surface area contributed by atoms with Crippen molar-refractivity contribution in [2.45, 2.75) is 17.4 Å². The first-order valence-corrected chi connectivity index (χ1v) is 6.96. The van der Waals surface area contributed by atoms with Crippen LogP contribution in [-0.4, -0.2) is 31.4 Å². The quantitative estimate of drug-likeness (QED) is 0.859. The van der Waals surface area contributed by atoms with Crippen LogP contribution < -0.4 is 0 Å². The number of hydrogen-bond acceptors (Lipinski definition) is 4. The van der Waals surface area contributed by atoms with E-state index >= 15 is 0 Å². The molecule has 0 aliphatic heterocycles. The van der Waals surface area contributed by atoms with E-state index in [0.717, 1.165) is 35.7 Å². The van der Waals surface area contributed by atoms with Gasteiger partial charge in [-0.15, -0.1) is 0 Å². The van der Waals surface area contributed by atoms with Crippen LogP contribution >= 0.6 is 11.8 Å². The van der Waals surface area contributed by atoms with Gasteiger partial charge in [0, 0.05) is 11.6 Å². The summed E-state index contributed by atoms with van der Waals surface area (Å²) >= 11 is 0.0584. The fraction of sp³-hybridized carbons (Fsp3) is 0.333. The molecule has 0 saturated heterocycles. The average Bonchev–Trinajstić information content (AvgIpc) is 2.90. The minimum Gasteiger partial charge on any atom is -0.376 e. The minimum atomic E-state index is -3.72. The van der Waals surface area contributed by atoms with Gasteiger partial charge in [-0.05, 0) is 18.4 Å². The molecule has 4 nitrogen and oxygen atoms in total. The molecule has 0 aliphatic carbocycles. The van der Waals surface area contributed by atoms with Crippen LogP contribution in [0.4, 0.5) is 17.6 Å². The van der Waals surface area contributed by atoms with E-state index in [1.807, 2.05) is 0 Å². The van der Waals surface area contributed by atoms with E-state index in [9.17, 15) is 22.7 Å². The van der Waals surface area contributed by atoms with Crippen molar-refractivity contribution in [1.82, 2.24) is 14.8 Å². The fourth-order valence-electron chi connectivity index (χ4n) is 1.88. The Labute approximate surface area is 121 Å². The Bertz CT molecular complexity index is 623. The maximum atomic E-state index is 14.2. The molecule has 1 N–H and O–H groups in total. The van der Waals surface area contributed by atoms with Gasteiger partial charge in [0.25, 0.3) is 0 Å². The highest BCUT2D eigenvalue weighted by Crippen LogP contribution is 2.46. The van der Waals surface area contributed by atoms with E-state index in [4.69, 9.17) is 0 Å². The highest BCUT2D eigenvalue weighted by Gasteiger charge is 2.55. The maximum Gasteiger partial charge on any atom is 0.327 e. The van der Waals surface area contributed by atoms with Crippen molar-refractivity contribution in [2.24, 2.45) is 0 Å². The van der Waals surface area contributed by atoms with Crippen molar-refractivity contribution in [2.75, 3.05) is 6.26 Å². The lowest BCUT2D eigenvalue weighted by Crippen LogP contribution is -2.47. The van der Waals surface area contributed by atoms with Crippen LogP contribution in [0.1, 0.15) is 5.56 Å². The van der Waals surface area contributed by atoms with E-state index in [1.165, 1.54) is 0 Å². The van der Waals surface area contributed by atoms with Crippen molar-refractivity contribution in [3.05, 3.63) is 48.1 Å². The third-order valence-electron chi connectivity index (χ3n) is 2.97. The summed E-state index contributed by atoms with van der Waals surface area (Å²) in [5, 5.41) is 10.3. The number of nitrogens with zero attached hydrogens (tertiary/aromatic N) is 3. The molecule has 2 rings (SSSR count). The zero-order valence-corrected chi connectivity index (χ0v) is 11.6. The fourth-order valence-corrected chi connectivity index (χ4v) is 2.39. The number of aliphatic hydroxyl groups is 1. The summed E-state index contributed by atoms with van der Waals surface area (Å²) in [6.07, 6.45) is 3.29. The van der Waals surface area contributed by atoms with Crippen molar-refractivity contribution in [3.63, 3.8) is 0 Å². The number of thioether (sulfide) groups is 1. The van der Waals surface area contributed by atoms with Crippen molar-refractivity contribution in [3.8, 4) is 0 Å². The Morgan fingerprint density at radius 3 is 2.57 bits per heavy atom. The molecule has 0 amide bonds. The molecule has 2 aromatic rings. The van der Waals surface area contributed by atoms with Crippen LogP contribution in [0.25, 0.3) is 0 Å². The summed E-state index contributed by atoms with van der Waals surface area (Å²) in [6, 6.07) is 2.05. The van der Waals surface area contributed by atoms with Crippen LogP contribution in [0, 0.1) is 11.6 Å². The van der Waals surface area contributed by atoms with Crippen molar-refractivity contribution < 1.29 is 22.7 Å². The second kappa shape index (κ2) is 5.64. The van der Waals surface area contributed by atoms with Gasteiger partial charge in [0.05, 0.1) is 6.54 Å².